The summed E-state index contributed by atoms with van der Waals surface area (Å²) in [4.78, 5) is 23.8. The lowest BCUT2D eigenvalue weighted by Gasteiger charge is -2.15. The number of amides is 1. The quantitative estimate of drug-likeness (QED) is 0.857. The number of carbonyl (C=O) groups is 2. The molecule has 0 aliphatic heterocycles. The molecule has 2 unspecified atom stereocenters. The first-order chi connectivity index (χ1) is 11.4. The molecule has 0 saturated heterocycles. The molecule has 114 valence electrons. The van der Waals surface area contributed by atoms with Crippen molar-refractivity contribution in [2.75, 3.05) is 7.11 Å². The van der Waals surface area contributed by atoms with E-state index >= 15 is 0 Å². The number of methoxy groups -OCH3 is 1. The van der Waals surface area contributed by atoms with Crippen LogP contribution in [0.5, 0.6) is 5.75 Å². The third kappa shape index (κ3) is 4.09. The molecule has 2 N–H and O–H groups in total. The molecule has 0 fully saturated rings. The van der Waals surface area contributed by atoms with Crippen LogP contribution >= 0.6 is 0 Å². The molecule has 2 aromatic carbocycles. The molecule has 0 aliphatic rings. The fourth-order valence-corrected chi connectivity index (χ4v) is 1.80. The predicted molar refractivity (Wildman–Crippen MR) is 82.0 cm³/mol. The minimum absolute atomic E-state index is 0.220. The zero-order chi connectivity index (χ0) is 17.7. The maximum absolute atomic E-state index is 12.2. The first-order valence-electron chi connectivity index (χ1n) is 7.63. The van der Waals surface area contributed by atoms with E-state index in [-0.39, 0.29) is 11.1 Å². The molecule has 0 saturated carbocycles. The number of carboxylic acid groups (broad SMARTS) is 1. The van der Waals surface area contributed by atoms with Crippen molar-refractivity contribution in [1.29, 1.82) is 0 Å². The normalized spacial score (nSPS) is 15.7. The van der Waals surface area contributed by atoms with Gasteiger partial charge in [0, 0.05) is 13.3 Å². The second-order valence-electron chi connectivity index (χ2n) is 4.46. The number of ether oxygens (including phenoxy) is 1. The first kappa shape index (κ1) is 12.9. The lowest BCUT2D eigenvalue weighted by Crippen LogP contribution is -2.42. The van der Waals surface area contributed by atoms with Gasteiger partial charge in [0.2, 0.25) is 0 Å². The smallest absolute Gasteiger partial charge is 0.326 e. The Bertz CT molecular complexity index is 721. The molecule has 1 amide bonds. The third-order valence-electron chi connectivity index (χ3n) is 2.94. The molecule has 0 aromatic heterocycles. The molecule has 0 spiro atoms. The monoisotopic (exact) mass is 301 g/mol. The van der Waals surface area contributed by atoms with E-state index in [0.717, 1.165) is 0 Å². The Morgan fingerprint density at radius 3 is 2.41 bits per heavy atom. The van der Waals surface area contributed by atoms with Crippen LogP contribution in [0.2, 0.25) is 0 Å². The van der Waals surface area contributed by atoms with Crippen molar-refractivity contribution in [2.45, 2.75) is 12.4 Å². The summed E-state index contributed by atoms with van der Waals surface area (Å²) in [6, 6.07) is 11.6. The van der Waals surface area contributed by atoms with Gasteiger partial charge in [-0.25, -0.2) is 4.79 Å². The molecule has 0 heterocycles. The molecular formula is C17H17NO4. The highest BCUT2D eigenvalue weighted by atomic mass is 16.5. The zero-order valence-corrected chi connectivity index (χ0v) is 11.9. The fourth-order valence-electron chi connectivity index (χ4n) is 1.80. The Kier molecular flexibility index (Phi) is 4.25. The number of hydrogen-bond donors (Lipinski definition) is 2. The fraction of sp³-hybridized carbons (Fsp3) is 0.176. The van der Waals surface area contributed by atoms with Crippen LogP contribution < -0.4 is 10.1 Å². The highest BCUT2D eigenvalue weighted by molar-refractivity contribution is 5.96. The van der Waals surface area contributed by atoms with Gasteiger partial charge in [0.05, 0.1) is 8.48 Å². The molecule has 2 aromatic rings. The minimum Gasteiger partial charge on any atom is -0.497 e. The average molecular weight is 301 g/mol. The maximum Gasteiger partial charge on any atom is 0.326 e. The summed E-state index contributed by atoms with van der Waals surface area (Å²) in [5.41, 5.74) is 0.499. The van der Waals surface area contributed by atoms with Gasteiger partial charge in [-0.15, -0.1) is 0 Å². The SMILES string of the molecule is [2H]C(c1ccc(OC)cc1)C([2H])(NC(=O)c1ccccc1)C(=O)O. The number of rotatable bonds is 6. The van der Waals surface area contributed by atoms with E-state index < -0.39 is 24.3 Å². The summed E-state index contributed by atoms with van der Waals surface area (Å²) in [6.45, 7) is 0. The van der Waals surface area contributed by atoms with Crippen LogP contribution in [0.3, 0.4) is 0 Å². The van der Waals surface area contributed by atoms with E-state index in [1.807, 2.05) is 0 Å². The topological polar surface area (TPSA) is 75.6 Å². The van der Waals surface area contributed by atoms with Crippen LogP contribution in [-0.2, 0) is 11.2 Å². The van der Waals surface area contributed by atoms with Crippen LogP contribution in [0.15, 0.2) is 54.6 Å². The molecule has 0 bridgehead atoms. The summed E-state index contributed by atoms with van der Waals surface area (Å²) in [6.07, 6.45) is -1.52. The zero-order valence-electron chi connectivity index (χ0n) is 13.9. The first-order valence-corrected chi connectivity index (χ1v) is 6.55. The van der Waals surface area contributed by atoms with E-state index in [1.54, 1.807) is 30.3 Å². The standard InChI is InChI=1S/C17H17NO4/c1-22-14-9-7-12(8-10-14)11-15(17(20)21)18-16(19)13-5-3-2-4-6-13/h2-10,15H,11H2,1H3,(H,18,19)(H,20,21)/i11D,15D. The summed E-state index contributed by atoms with van der Waals surface area (Å²) in [7, 11) is 1.49. The van der Waals surface area contributed by atoms with Crippen molar-refractivity contribution in [1.82, 2.24) is 5.32 Å². The molecule has 2 atom stereocenters. The third-order valence-corrected chi connectivity index (χ3v) is 2.94. The van der Waals surface area contributed by atoms with Gasteiger partial charge in [0.25, 0.3) is 5.91 Å². The van der Waals surface area contributed by atoms with E-state index in [1.165, 1.54) is 31.4 Å². The van der Waals surface area contributed by atoms with E-state index in [4.69, 9.17) is 7.48 Å². The summed E-state index contributed by atoms with van der Waals surface area (Å²) in [5, 5.41) is 11.6. The van der Waals surface area contributed by atoms with Crippen molar-refractivity contribution >= 4 is 11.9 Å². The second-order valence-corrected chi connectivity index (χ2v) is 4.46. The van der Waals surface area contributed by atoms with Gasteiger partial charge in [-0.05, 0) is 29.8 Å². The Hall–Kier alpha value is -2.82. The lowest BCUT2D eigenvalue weighted by atomic mass is 10.1. The molecule has 0 radical (unpaired) electrons. The van der Waals surface area contributed by atoms with Crippen LogP contribution in [0.25, 0.3) is 0 Å². The lowest BCUT2D eigenvalue weighted by molar-refractivity contribution is -0.139. The maximum atomic E-state index is 12.2. The van der Waals surface area contributed by atoms with Gasteiger partial charge in [0.1, 0.15) is 11.8 Å². The van der Waals surface area contributed by atoms with E-state index in [0.29, 0.717) is 5.75 Å². The van der Waals surface area contributed by atoms with Crippen molar-refractivity contribution < 1.29 is 22.2 Å². The van der Waals surface area contributed by atoms with Gasteiger partial charge in [0.15, 0.2) is 0 Å². The number of carboxylic acids is 1. The summed E-state index contributed by atoms with van der Waals surface area (Å²) < 4.78 is 21.3. The number of nitrogens with one attached hydrogen (secondary N) is 1. The van der Waals surface area contributed by atoms with Crippen molar-refractivity contribution in [3.8, 4) is 5.75 Å². The van der Waals surface area contributed by atoms with Crippen LogP contribution in [-0.4, -0.2) is 30.1 Å². The molecule has 0 aliphatic carbocycles. The number of benzene rings is 2. The molecule has 5 heteroatoms. The van der Waals surface area contributed by atoms with Gasteiger partial charge < -0.3 is 15.2 Å². The number of hydrogen-bond acceptors (Lipinski definition) is 3. The molecule has 22 heavy (non-hydrogen) atoms. The van der Waals surface area contributed by atoms with Gasteiger partial charge in [-0.1, -0.05) is 30.3 Å². The van der Waals surface area contributed by atoms with Crippen molar-refractivity contribution in [3.63, 3.8) is 0 Å². The van der Waals surface area contributed by atoms with Crippen molar-refractivity contribution in [2.24, 2.45) is 0 Å². The molecule has 5 nitrogen and oxygen atoms in total. The van der Waals surface area contributed by atoms with E-state index in [9.17, 15) is 14.7 Å². The van der Waals surface area contributed by atoms with Crippen LogP contribution in [0.4, 0.5) is 0 Å². The number of aliphatic carboxylic acids is 1. The van der Waals surface area contributed by atoms with E-state index in [2.05, 4.69) is 5.32 Å². The van der Waals surface area contributed by atoms with Crippen molar-refractivity contribution in [3.05, 3.63) is 65.7 Å². The van der Waals surface area contributed by atoms with Gasteiger partial charge in [-0.2, -0.15) is 0 Å². The number of carbonyl (C=O) groups excluding carboxylic acids is 1. The average Bonchev–Trinajstić information content (AvgIpc) is 2.61. The Morgan fingerprint density at radius 1 is 1.23 bits per heavy atom. The Labute approximate surface area is 131 Å². The molecular weight excluding hydrogens is 282 g/mol. The minimum atomic E-state index is -2.53. The molecule has 2 rings (SSSR count). The second kappa shape index (κ2) is 7.26. The predicted octanol–water partition coefficient (Wildman–Crippen LogP) is 2.12. The largest absolute Gasteiger partial charge is 0.497 e. The Morgan fingerprint density at radius 2 is 1.86 bits per heavy atom. The van der Waals surface area contributed by atoms with Crippen LogP contribution in [0.1, 0.15) is 18.7 Å². The highest BCUT2D eigenvalue weighted by Crippen LogP contribution is 2.13. The Balaban J connectivity index is 2.28. The van der Waals surface area contributed by atoms with Gasteiger partial charge in [-0.3, -0.25) is 4.79 Å². The summed E-state index contributed by atoms with van der Waals surface area (Å²) in [5.74, 6) is -1.79. The summed E-state index contributed by atoms with van der Waals surface area (Å²) >= 11 is 0. The van der Waals surface area contributed by atoms with Gasteiger partial charge >= 0.3 is 5.97 Å². The highest BCUT2D eigenvalue weighted by Gasteiger charge is 2.21. The van der Waals surface area contributed by atoms with Crippen LogP contribution in [0, 0.1) is 0 Å².